The van der Waals surface area contributed by atoms with Crippen LogP contribution in [0.2, 0.25) is 0 Å². The van der Waals surface area contributed by atoms with Crippen molar-refractivity contribution < 1.29 is 36.6 Å². The van der Waals surface area contributed by atoms with Crippen molar-refractivity contribution >= 4 is 11.6 Å². The maximum absolute atomic E-state index is 14.5. The molecule has 1 aliphatic heterocycles. The van der Waals surface area contributed by atoms with Crippen molar-refractivity contribution in [3.8, 4) is 17.0 Å². The Hall–Kier alpha value is -4.10. The van der Waals surface area contributed by atoms with Crippen LogP contribution in [0.25, 0.3) is 16.9 Å². The molecule has 1 unspecified atom stereocenters. The summed E-state index contributed by atoms with van der Waals surface area (Å²) in [6, 6.07) is 8.79. The first-order chi connectivity index (χ1) is 20.0. The van der Waals surface area contributed by atoms with Gasteiger partial charge in [-0.25, -0.2) is 18.3 Å². The van der Waals surface area contributed by atoms with Gasteiger partial charge in [-0.2, -0.15) is 18.3 Å². The Morgan fingerprint density at radius 2 is 1.86 bits per heavy atom. The zero-order valence-electron chi connectivity index (χ0n) is 23.0. The van der Waals surface area contributed by atoms with Gasteiger partial charge >= 0.3 is 6.18 Å². The number of methoxy groups -OCH3 is 1. The average molecular weight is 590 g/mol. The Morgan fingerprint density at radius 3 is 2.48 bits per heavy atom. The number of carbonyl (C=O) groups is 1. The van der Waals surface area contributed by atoms with E-state index in [4.69, 9.17) is 4.74 Å². The van der Waals surface area contributed by atoms with E-state index in [1.54, 1.807) is 36.1 Å². The summed E-state index contributed by atoms with van der Waals surface area (Å²) >= 11 is 0. The number of aliphatic hydroxyl groups excluding tert-OH is 1. The van der Waals surface area contributed by atoms with Crippen molar-refractivity contribution in [2.75, 3.05) is 33.4 Å². The molecular formula is C29H28F5N5O3. The van der Waals surface area contributed by atoms with Crippen molar-refractivity contribution in [2.24, 2.45) is 0 Å². The van der Waals surface area contributed by atoms with Crippen molar-refractivity contribution in [2.45, 2.75) is 32.1 Å². The summed E-state index contributed by atoms with van der Waals surface area (Å²) in [6.45, 7) is 3.07. The minimum absolute atomic E-state index is 0.00239. The number of nitrogens with zero attached hydrogens (tertiary/aromatic N) is 5. The van der Waals surface area contributed by atoms with Crippen LogP contribution >= 0.6 is 0 Å². The highest BCUT2D eigenvalue weighted by Gasteiger charge is 2.40. The fraction of sp³-hybridized carbons (Fsp3) is 0.345. The smallest absolute Gasteiger partial charge is 0.433 e. The van der Waals surface area contributed by atoms with Crippen LogP contribution in [0.15, 0.2) is 48.7 Å². The quantitative estimate of drug-likeness (QED) is 0.323. The SMILES string of the molecule is COc1ccc(-c2nc3c(C(=O)N4CCN(C(CO)c5cccc(F)c5F)C[C@H]4C)cnn3c(C(F)(F)F)c2C)cc1. The lowest BCUT2D eigenvalue weighted by Gasteiger charge is -2.43. The molecule has 1 amide bonds. The summed E-state index contributed by atoms with van der Waals surface area (Å²) in [4.78, 5) is 21.4. The number of alkyl halides is 3. The van der Waals surface area contributed by atoms with Gasteiger partial charge in [0.25, 0.3) is 5.91 Å². The molecule has 1 fully saturated rings. The normalized spacial score (nSPS) is 17.1. The second kappa shape index (κ2) is 11.3. The van der Waals surface area contributed by atoms with Crippen molar-refractivity contribution in [1.82, 2.24) is 24.4 Å². The fourth-order valence-electron chi connectivity index (χ4n) is 5.50. The first-order valence-corrected chi connectivity index (χ1v) is 13.2. The predicted octanol–water partition coefficient (Wildman–Crippen LogP) is 4.89. The number of carbonyl (C=O) groups excluding carboxylic acids is 1. The molecule has 8 nitrogen and oxygen atoms in total. The maximum atomic E-state index is 14.5. The van der Waals surface area contributed by atoms with Crippen molar-refractivity contribution in [3.05, 3.63) is 82.7 Å². The van der Waals surface area contributed by atoms with Gasteiger partial charge in [0.05, 0.1) is 31.6 Å². The third-order valence-corrected chi connectivity index (χ3v) is 7.62. The predicted molar refractivity (Wildman–Crippen MR) is 143 cm³/mol. The molecule has 1 saturated heterocycles. The number of amides is 1. The maximum Gasteiger partial charge on any atom is 0.433 e. The molecule has 0 aliphatic carbocycles. The summed E-state index contributed by atoms with van der Waals surface area (Å²) in [5.74, 6) is -2.13. The Balaban J connectivity index is 1.49. The number of hydrogen-bond acceptors (Lipinski definition) is 6. The van der Waals surface area contributed by atoms with E-state index in [9.17, 15) is 31.9 Å². The van der Waals surface area contributed by atoms with Gasteiger partial charge in [0.1, 0.15) is 11.3 Å². The summed E-state index contributed by atoms with van der Waals surface area (Å²) in [6.07, 6.45) is -3.71. The molecule has 0 spiro atoms. The zero-order valence-corrected chi connectivity index (χ0v) is 23.0. The molecule has 5 rings (SSSR count). The van der Waals surface area contributed by atoms with Crippen LogP contribution in [0.4, 0.5) is 22.0 Å². The van der Waals surface area contributed by atoms with Crippen LogP contribution < -0.4 is 4.74 Å². The number of aromatic nitrogens is 3. The van der Waals surface area contributed by atoms with E-state index in [1.165, 1.54) is 31.1 Å². The Morgan fingerprint density at radius 1 is 1.14 bits per heavy atom. The molecule has 0 bridgehead atoms. The summed E-state index contributed by atoms with van der Waals surface area (Å²) in [5.41, 5.74) is -1.09. The average Bonchev–Trinajstić information content (AvgIpc) is 3.37. The number of halogens is 5. The lowest BCUT2D eigenvalue weighted by molar-refractivity contribution is -0.143. The van der Waals surface area contributed by atoms with E-state index in [1.807, 2.05) is 0 Å². The molecule has 2 aromatic carbocycles. The molecule has 222 valence electrons. The van der Waals surface area contributed by atoms with Gasteiger partial charge in [0.2, 0.25) is 0 Å². The highest BCUT2D eigenvalue weighted by molar-refractivity contribution is 6.00. The third kappa shape index (κ3) is 5.18. The second-order valence-corrected chi connectivity index (χ2v) is 10.1. The Kier molecular flexibility index (Phi) is 7.90. The number of aliphatic hydroxyl groups is 1. The Labute approximate surface area is 237 Å². The van der Waals surface area contributed by atoms with Gasteiger partial charge in [-0.05, 0) is 44.2 Å². The van der Waals surface area contributed by atoms with Crippen LogP contribution in [0, 0.1) is 18.6 Å². The van der Waals surface area contributed by atoms with Gasteiger partial charge in [-0.3, -0.25) is 9.69 Å². The molecule has 2 atom stereocenters. The van der Waals surface area contributed by atoms with E-state index in [0.29, 0.717) is 15.8 Å². The molecule has 0 saturated carbocycles. The molecular weight excluding hydrogens is 561 g/mol. The van der Waals surface area contributed by atoms with Gasteiger partial charge in [0, 0.05) is 42.4 Å². The number of fused-ring (bicyclic) bond motifs is 1. The van der Waals surface area contributed by atoms with E-state index < -0.39 is 48.1 Å². The molecule has 13 heteroatoms. The first kappa shape index (κ1) is 29.4. The molecule has 2 aromatic heterocycles. The molecule has 3 heterocycles. The topological polar surface area (TPSA) is 83.2 Å². The number of rotatable bonds is 6. The second-order valence-electron chi connectivity index (χ2n) is 10.1. The van der Waals surface area contributed by atoms with Gasteiger partial charge in [0.15, 0.2) is 23.0 Å². The molecule has 0 radical (unpaired) electrons. The van der Waals surface area contributed by atoms with E-state index in [2.05, 4.69) is 10.1 Å². The molecule has 42 heavy (non-hydrogen) atoms. The Bertz CT molecular complexity index is 1620. The molecule has 4 aromatic rings. The summed E-state index contributed by atoms with van der Waals surface area (Å²) in [7, 11) is 1.47. The van der Waals surface area contributed by atoms with E-state index in [0.717, 1.165) is 12.3 Å². The van der Waals surface area contributed by atoms with Crippen LogP contribution in [0.5, 0.6) is 5.75 Å². The first-order valence-electron chi connectivity index (χ1n) is 13.2. The fourth-order valence-corrected chi connectivity index (χ4v) is 5.50. The van der Waals surface area contributed by atoms with Crippen LogP contribution in [-0.4, -0.2) is 74.8 Å². The largest absolute Gasteiger partial charge is 0.497 e. The zero-order chi connectivity index (χ0) is 30.3. The molecule has 1 N–H and O–H groups in total. The van der Waals surface area contributed by atoms with Crippen LogP contribution in [0.3, 0.4) is 0 Å². The van der Waals surface area contributed by atoms with Gasteiger partial charge in [-0.15, -0.1) is 0 Å². The van der Waals surface area contributed by atoms with E-state index in [-0.39, 0.29) is 47.7 Å². The van der Waals surface area contributed by atoms with Gasteiger partial charge in [-0.1, -0.05) is 12.1 Å². The molecule has 1 aliphatic rings. The highest BCUT2D eigenvalue weighted by atomic mass is 19.4. The number of ether oxygens (including phenoxy) is 1. The standard InChI is InChI=1S/C29H28F5N5O3/c1-16-14-37(23(15-40)20-5-4-6-22(30)24(20)31)11-12-38(16)28(41)21-13-35-39-26(29(32,33)34)17(2)25(36-27(21)39)18-7-9-19(42-3)10-8-18/h4-10,13,16,23,40H,11-12,14-15H2,1-3H3/t16-,23?/m1/s1. The summed E-state index contributed by atoms with van der Waals surface area (Å²) < 4.78 is 77.0. The van der Waals surface area contributed by atoms with E-state index >= 15 is 0 Å². The number of piperazine rings is 1. The number of hydrogen-bond donors (Lipinski definition) is 1. The minimum Gasteiger partial charge on any atom is -0.497 e. The lowest BCUT2D eigenvalue weighted by atomic mass is 10.0. The van der Waals surface area contributed by atoms with Gasteiger partial charge < -0.3 is 14.7 Å². The summed E-state index contributed by atoms with van der Waals surface area (Å²) in [5, 5.41) is 13.9. The van der Waals surface area contributed by atoms with Crippen molar-refractivity contribution in [1.29, 1.82) is 0 Å². The lowest BCUT2D eigenvalue weighted by Crippen LogP contribution is -2.55. The minimum atomic E-state index is -4.79. The highest BCUT2D eigenvalue weighted by Crippen LogP contribution is 2.37. The van der Waals surface area contributed by atoms with Crippen LogP contribution in [-0.2, 0) is 6.18 Å². The number of benzene rings is 2. The van der Waals surface area contributed by atoms with Crippen LogP contribution in [0.1, 0.15) is 40.1 Å². The monoisotopic (exact) mass is 589 g/mol. The third-order valence-electron chi connectivity index (χ3n) is 7.62. The van der Waals surface area contributed by atoms with Crippen molar-refractivity contribution in [3.63, 3.8) is 0 Å².